The number of rotatable bonds is 3. The molecule has 1 saturated heterocycles. The number of piperazine rings is 1. The van der Waals surface area contributed by atoms with Gasteiger partial charge in [-0.1, -0.05) is 12.1 Å². The summed E-state index contributed by atoms with van der Waals surface area (Å²) < 4.78 is 38.8. The van der Waals surface area contributed by atoms with Crippen molar-refractivity contribution in [1.29, 1.82) is 0 Å². The molecule has 160 valence electrons. The summed E-state index contributed by atoms with van der Waals surface area (Å²) in [6.45, 7) is 1.93. The molecule has 0 amide bonds. The summed E-state index contributed by atoms with van der Waals surface area (Å²) >= 11 is 5.54. The van der Waals surface area contributed by atoms with Gasteiger partial charge in [-0.3, -0.25) is 4.98 Å². The molecule has 31 heavy (non-hydrogen) atoms. The van der Waals surface area contributed by atoms with Crippen LogP contribution in [0.4, 0.5) is 5.69 Å². The number of anilines is 1. The molecule has 2 aliphatic heterocycles. The Balaban J connectivity index is 1.27. The van der Waals surface area contributed by atoms with E-state index >= 15 is 0 Å². The standard InChI is InChI=1S/C21H20N4O4S2/c26-31(27,20-3-1-2-15-13-22-7-6-17(15)20)25-10-8-24(9-11-25)21(30)23-16-4-5-18-19(12-16)29-14-28-18/h1-7,12-13H,8-11,14H2,(H,23,30). The number of fused-ring (bicyclic) bond motifs is 2. The van der Waals surface area contributed by atoms with Gasteiger partial charge in [-0.15, -0.1) is 0 Å². The largest absolute Gasteiger partial charge is 0.454 e. The normalized spacial score (nSPS) is 16.5. The van der Waals surface area contributed by atoms with E-state index in [1.54, 1.807) is 30.6 Å². The number of nitrogens with zero attached hydrogens (tertiary/aromatic N) is 3. The number of nitrogens with one attached hydrogen (secondary N) is 1. The summed E-state index contributed by atoms with van der Waals surface area (Å²) in [7, 11) is -3.62. The van der Waals surface area contributed by atoms with Crippen molar-refractivity contribution in [3.8, 4) is 11.5 Å². The molecule has 8 nitrogen and oxygen atoms in total. The van der Waals surface area contributed by atoms with Crippen LogP contribution < -0.4 is 14.8 Å². The maximum atomic E-state index is 13.3. The molecule has 5 rings (SSSR count). The molecular formula is C21H20N4O4S2. The second-order valence-electron chi connectivity index (χ2n) is 7.24. The van der Waals surface area contributed by atoms with Crippen LogP contribution in [-0.4, -0.2) is 60.7 Å². The van der Waals surface area contributed by atoms with Gasteiger partial charge in [-0.05, 0) is 36.5 Å². The Morgan fingerprint density at radius 3 is 2.68 bits per heavy atom. The van der Waals surface area contributed by atoms with Crippen molar-refractivity contribution in [3.05, 3.63) is 54.9 Å². The molecule has 0 aliphatic carbocycles. The lowest BCUT2D eigenvalue weighted by atomic mass is 10.2. The lowest BCUT2D eigenvalue weighted by Crippen LogP contribution is -2.51. The number of benzene rings is 2. The van der Waals surface area contributed by atoms with Crippen molar-refractivity contribution in [3.63, 3.8) is 0 Å². The highest BCUT2D eigenvalue weighted by atomic mass is 32.2. The molecule has 0 unspecified atom stereocenters. The van der Waals surface area contributed by atoms with Gasteiger partial charge in [0.25, 0.3) is 0 Å². The highest BCUT2D eigenvalue weighted by Gasteiger charge is 2.30. The van der Waals surface area contributed by atoms with Gasteiger partial charge in [0, 0.05) is 61.1 Å². The minimum atomic E-state index is -3.62. The van der Waals surface area contributed by atoms with Crippen LogP contribution in [0.15, 0.2) is 59.8 Å². The van der Waals surface area contributed by atoms with Crippen molar-refractivity contribution < 1.29 is 17.9 Å². The molecule has 0 radical (unpaired) electrons. The van der Waals surface area contributed by atoms with Gasteiger partial charge in [0.15, 0.2) is 16.6 Å². The molecule has 2 aromatic carbocycles. The van der Waals surface area contributed by atoms with Crippen molar-refractivity contribution >= 4 is 43.8 Å². The lowest BCUT2D eigenvalue weighted by Gasteiger charge is -2.35. The van der Waals surface area contributed by atoms with Crippen LogP contribution in [0, 0.1) is 0 Å². The lowest BCUT2D eigenvalue weighted by molar-refractivity contribution is 0.174. The van der Waals surface area contributed by atoms with E-state index in [0.29, 0.717) is 53.1 Å². The number of pyridine rings is 1. The van der Waals surface area contributed by atoms with Crippen LogP contribution in [-0.2, 0) is 10.0 Å². The molecule has 1 N–H and O–H groups in total. The molecule has 3 aromatic rings. The van der Waals surface area contributed by atoms with Crippen LogP contribution in [0.1, 0.15) is 0 Å². The van der Waals surface area contributed by atoms with Crippen LogP contribution in [0.5, 0.6) is 11.5 Å². The van der Waals surface area contributed by atoms with Gasteiger partial charge in [0.2, 0.25) is 16.8 Å². The Morgan fingerprint density at radius 2 is 1.84 bits per heavy atom. The number of hydrogen-bond acceptors (Lipinski definition) is 6. The van der Waals surface area contributed by atoms with Gasteiger partial charge < -0.3 is 19.7 Å². The average Bonchev–Trinajstić information content (AvgIpc) is 3.26. The van der Waals surface area contributed by atoms with Gasteiger partial charge >= 0.3 is 0 Å². The van der Waals surface area contributed by atoms with E-state index in [1.165, 1.54) is 4.31 Å². The fourth-order valence-electron chi connectivity index (χ4n) is 3.77. The van der Waals surface area contributed by atoms with E-state index < -0.39 is 10.0 Å². The third-order valence-electron chi connectivity index (χ3n) is 5.41. The number of aromatic nitrogens is 1. The van der Waals surface area contributed by atoms with E-state index in [9.17, 15) is 8.42 Å². The maximum Gasteiger partial charge on any atom is 0.243 e. The van der Waals surface area contributed by atoms with Crippen molar-refractivity contribution in [2.45, 2.75) is 4.90 Å². The molecule has 1 fully saturated rings. The third kappa shape index (κ3) is 3.78. The molecule has 3 heterocycles. The first-order valence-electron chi connectivity index (χ1n) is 9.81. The number of sulfonamides is 1. The molecule has 1 aromatic heterocycles. The topological polar surface area (TPSA) is 84.0 Å². The number of ether oxygens (including phenoxy) is 2. The fourth-order valence-corrected chi connectivity index (χ4v) is 5.70. The zero-order valence-electron chi connectivity index (χ0n) is 16.5. The number of hydrogen-bond donors (Lipinski definition) is 1. The van der Waals surface area contributed by atoms with E-state index in [0.717, 1.165) is 11.1 Å². The minimum absolute atomic E-state index is 0.215. The number of thiocarbonyl (C=S) groups is 1. The summed E-state index contributed by atoms with van der Waals surface area (Å²) in [5, 5.41) is 5.23. The molecular weight excluding hydrogens is 436 g/mol. The highest BCUT2D eigenvalue weighted by molar-refractivity contribution is 7.89. The van der Waals surface area contributed by atoms with Crippen LogP contribution in [0.25, 0.3) is 10.8 Å². The van der Waals surface area contributed by atoms with E-state index in [2.05, 4.69) is 10.3 Å². The van der Waals surface area contributed by atoms with Gasteiger partial charge in [-0.2, -0.15) is 4.31 Å². The van der Waals surface area contributed by atoms with Gasteiger partial charge in [0.05, 0.1) is 4.90 Å². The Bertz CT molecular complexity index is 1250. The second-order valence-corrected chi connectivity index (χ2v) is 9.54. The van der Waals surface area contributed by atoms with Crippen LogP contribution in [0.2, 0.25) is 0 Å². The fraction of sp³-hybridized carbons (Fsp3) is 0.238. The maximum absolute atomic E-state index is 13.3. The summed E-state index contributed by atoms with van der Waals surface area (Å²) in [4.78, 5) is 6.36. The predicted octanol–water partition coefficient (Wildman–Crippen LogP) is 2.67. The van der Waals surface area contributed by atoms with E-state index in [1.807, 2.05) is 29.2 Å². The quantitative estimate of drug-likeness (QED) is 0.603. The summed E-state index contributed by atoms with van der Waals surface area (Å²) in [5.41, 5.74) is 0.800. The SMILES string of the molecule is O=S(=O)(c1cccc2cnccc12)N1CCN(C(=S)Nc2ccc3c(c2)OCO3)CC1. The van der Waals surface area contributed by atoms with Gasteiger partial charge in [0.1, 0.15) is 0 Å². The average molecular weight is 457 g/mol. The van der Waals surface area contributed by atoms with E-state index in [4.69, 9.17) is 21.7 Å². The van der Waals surface area contributed by atoms with Crippen molar-refractivity contribution in [2.24, 2.45) is 0 Å². The zero-order valence-corrected chi connectivity index (χ0v) is 18.2. The Morgan fingerprint density at radius 1 is 1.03 bits per heavy atom. The monoisotopic (exact) mass is 456 g/mol. The summed E-state index contributed by atoms with van der Waals surface area (Å²) in [6, 6.07) is 12.5. The molecule has 0 bridgehead atoms. The van der Waals surface area contributed by atoms with Crippen molar-refractivity contribution in [2.75, 3.05) is 38.3 Å². The smallest absolute Gasteiger partial charge is 0.243 e. The summed E-state index contributed by atoms with van der Waals surface area (Å²) in [6.07, 6.45) is 3.28. The highest BCUT2D eigenvalue weighted by Crippen LogP contribution is 2.34. The second kappa shape index (κ2) is 7.95. The van der Waals surface area contributed by atoms with Crippen LogP contribution >= 0.6 is 12.2 Å². The summed E-state index contributed by atoms with van der Waals surface area (Å²) in [5.74, 6) is 1.38. The van der Waals surface area contributed by atoms with Crippen LogP contribution in [0.3, 0.4) is 0 Å². The zero-order chi connectivity index (χ0) is 21.4. The first-order valence-corrected chi connectivity index (χ1v) is 11.7. The predicted molar refractivity (Wildman–Crippen MR) is 121 cm³/mol. The van der Waals surface area contributed by atoms with Gasteiger partial charge in [-0.25, -0.2) is 8.42 Å². The van der Waals surface area contributed by atoms with Crippen molar-refractivity contribution in [1.82, 2.24) is 14.2 Å². The Labute approximate surface area is 185 Å². The first-order chi connectivity index (χ1) is 15.0. The molecule has 0 spiro atoms. The molecule has 10 heteroatoms. The Hall–Kier alpha value is -2.95. The molecule has 2 aliphatic rings. The third-order valence-corrected chi connectivity index (χ3v) is 7.73. The molecule has 0 atom stereocenters. The Kier molecular flexibility index (Phi) is 5.12. The first kappa shape index (κ1) is 20.0. The minimum Gasteiger partial charge on any atom is -0.454 e. The molecule has 0 saturated carbocycles. The van der Waals surface area contributed by atoms with E-state index in [-0.39, 0.29) is 6.79 Å².